The Morgan fingerprint density at radius 1 is 1.04 bits per heavy atom. The maximum absolute atomic E-state index is 15.7. The summed E-state index contributed by atoms with van der Waals surface area (Å²) in [6.07, 6.45) is 5.58. The monoisotopic (exact) mass is 662 g/mol. The summed E-state index contributed by atoms with van der Waals surface area (Å²) in [7, 11) is 0. The molecule has 1 fully saturated rings. The Bertz CT molecular complexity index is 2200. The SMILES string of the molecule is C=CC(=O)N1CCC(c2[nH]nc3ncnc(Nc4ccc(Oc5ccc(-c6cc(-c7ccccc7)[nH]c(=O)c6)nc5)c(Cl)c4F)c23)CC1. The molecule has 0 bridgehead atoms. The number of hydrogen-bond acceptors (Lipinski definition) is 8. The first-order chi connectivity index (χ1) is 23.4. The third-order valence-electron chi connectivity index (χ3n) is 8.26. The van der Waals surface area contributed by atoms with Crippen LogP contribution in [0.25, 0.3) is 33.5 Å². The van der Waals surface area contributed by atoms with Crippen molar-refractivity contribution in [2.24, 2.45) is 0 Å². The average Bonchev–Trinajstić information content (AvgIpc) is 3.57. The first-order valence-corrected chi connectivity index (χ1v) is 15.5. The molecule has 0 radical (unpaired) electrons. The Morgan fingerprint density at radius 2 is 1.85 bits per heavy atom. The van der Waals surface area contributed by atoms with Crippen LogP contribution in [0.1, 0.15) is 24.5 Å². The van der Waals surface area contributed by atoms with Gasteiger partial charge in [-0.05, 0) is 54.8 Å². The van der Waals surface area contributed by atoms with E-state index in [2.05, 4.69) is 42.0 Å². The molecule has 1 aliphatic heterocycles. The standard InChI is InChI=1S/C35H28ClFN8O3/c1-2-29(47)45-14-12-21(13-15-45)33-30-34(39-19-40-35(30)44-43-33)42-25-10-11-27(31(36)32(25)37)48-23-8-9-24(38-18-23)22-16-26(41-28(46)17-22)20-6-4-3-5-7-20/h2-11,16-19,21H,1,12-15H2,(H,41,46)(H2,39,40,42,43,44). The Labute approximate surface area is 278 Å². The molecule has 1 saturated heterocycles. The number of anilines is 2. The van der Waals surface area contributed by atoms with Gasteiger partial charge in [0.15, 0.2) is 11.5 Å². The van der Waals surface area contributed by atoms with Gasteiger partial charge in [-0.1, -0.05) is 48.5 Å². The molecule has 0 aliphatic carbocycles. The van der Waals surface area contributed by atoms with Crippen molar-refractivity contribution in [3.63, 3.8) is 0 Å². The third-order valence-corrected chi connectivity index (χ3v) is 8.61. The number of pyridine rings is 2. The highest BCUT2D eigenvalue weighted by atomic mass is 35.5. The van der Waals surface area contributed by atoms with Crippen molar-refractivity contribution in [2.75, 3.05) is 18.4 Å². The first-order valence-electron chi connectivity index (χ1n) is 15.2. The number of halogens is 2. The maximum Gasteiger partial charge on any atom is 0.249 e. The van der Waals surface area contributed by atoms with Gasteiger partial charge in [-0.15, -0.1) is 0 Å². The number of aromatic nitrogens is 6. The van der Waals surface area contributed by atoms with Gasteiger partial charge < -0.3 is 19.9 Å². The lowest BCUT2D eigenvalue weighted by Crippen LogP contribution is -2.36. The number of likely N-dealkylation sites (tertiary alicyclic amines) is 1. The van der Waals surface area contributed by atoms with Crippen molar-refractivity contribution < 1.29 is 13.9 Å². The summed E-state index contributed by atoms with van der Waals surface area (Å²) < 4.78 is 21.5. The molecule has 6 aromatic rings. The van der Waals surface area contributed by atoms with E-state index < -0.39 is 5.82 Å². The normalized spacial score (nSPS) is 13.4. The molecule has 0 spiro atoms. The van der Waals surface area contributed by atoms with Crippen LogP contribution < -0.4 is 15.6 Å². The minimum atomic E-state index is -0.733. The number of amides is 1. The Hall–Kier alpha value is -5.88. The van der Waals surface area contributed by atoms with E-state index in [-0.39, 0.29) is 33.8 Å². The topological polar surface area (TPSA) is 142 Å². The molecule has 240 valence electrons. The van der Waals surface area contributed by atoms with E-state index in [1.54, 1.807) is 23.1 Å². The molecule has 13 heteroatoms. The molecule has 5 heterocycles. The van der Waals surface area contributed by atoms with Crippen molar-refractivity contribution in [2.45, 2.75) is 18.8 Å². The quantitative estimate of drug-likeness (QED) is 0.148. The lowest BCUT2D eigenvalue weighted by molar-refractivity contribution is -0.127. The minimum Gasteiger partial charge on any atom is -0.454 e. The number of aromatic amines is 2. The number of carbonyl (C=O) groups excluding carboxylic acids is 1. The van der Waals surface area contributed by atoms with Crippen LogP contribution in [0.5, 0.6) is 11.5 Å². The van der Waals surface area contributed by atoms with Crippen molar-refractivity contribution in [3.8, 4) is 34.0 Å². The molecule has 0 saturated carbocycles. The molecule has 2 aromatic carbocycles. The minimum absolute atomic E-state index is 0.0770. The predicted octanol–water partition coefficient (Wildman–Crippen LogP) is 6.99. The summed E-state index contributed by atoms with van der Waals surface area (Å²) in [5.41, 5.74) is 3.83. The van der Waals surface area contributed by atoms with Crippen LogP contribution in [0, 0.1) is 5.82 Å². The zero-order valence-electron chi connectivity index (χ0n) is 25.4. The Kier molecular flexibility index (Phi) is 8.38. The molecule has 0 atom stereocenters. The second-order valence-electron chi connectivity index (χ2n) is 11.2. The van der Waals surface area contributed by atoms with E-state index in [1.807, 2.05) is 36.4 Å². The van der Waals surface area contributed by atoms with Gasteiger partial charge in [-0.2, -0.15) is 5.10 Å². The van der Waals surface area contributed by atoms with Gasteiger partial charge in [0, 0.05) is 36.3 Å². The number of ether oxygens (including phenoxy) is 1. The van der Waals surface area contributed by atoms with Crippen molar-refractivity contribution in [1.82, 2.24) is 35.0 Å². The van der Waals surface area contributed by atoms with Crippen LogP contribution in [0.15, 0.2) is 96.7 Å². The van der Waals surface area contributed by atoms with Crippen molar-refractivity contribution in [3.05, 3.63) is 119 Å². The summed E-state index contributed by atoms with van der Waals surface area (Å²) in [5.74, 6) is 0.0396. The molecule has 1 aliphatic rings. The first kappa shape index (κ1) is 30.8. The molecule has 1 amide bonds. The Balaban J connectivity index is 1.09. The lowest BCUT2D eigenvalue weighted by Gasteiger charge is -2.31. The molecule has 48 heavy (non-hydrogen) atoms. The highest BCUT2D eigenvalue weighted by Crippen LogP contribution is 2.38. The smallest absolute Gasteiger partial charge is 0.249 e. The van der Waals surface area contributed by atoms with Gasteiger partial charge in [0.25, 0.3) is 0 Å². The van der Waals surface area contributed by atoms with Gasteiger partial charge in [-0.25, -0.2) is 14.4 Å². The van der Waals surface area contributed by atoms with E-state index in [9.17, 15) is 9.59 Å². The third kappa shape index (κ3) is 6.13. The van der Waals surface area contributed by atoms with Gasteiger partial charge in [-0.3, -0.25) is 19.7 Å². The van der Waals surface area contributed by atoms with Gasteiger partial charge in [0.2, 0.25) is 11.5 Å². The van der Waals surface area contributed by atoms with Crippen molar-refractivity contribution in [1.29, 1.82) is 0 Å². The molecule has 0 unspecified atom stereocenters. The van der Waals surface area contributed by atoms with Crippen LogP contribution >= 0.6 is 11.6 Å². The molecular formula is C35H28ClFN8O3. The predicted molar refractivity (Wildman–Crippen MR) is 181 cm³/mol. The fourth-order valence-electron chi connectivity index (χ4n) is 5.82. The van der Waals surface area contributed by atoms with Crippen LogP contribution in [-0.2, 0) is 4.79 Å². The van der Waals surface area contributed by atoms with Crippen LogP contribution in [0.2, 0.25) is 5.02 Å². The lowest BCUT2D eigenvalue weighted by atomic mass is 9.92. The fraction of sp³-hybridized carbons (Fsp3) is 0.143. The van der Waals surface area contributed by atoms with Crippen LogP contribution in [-0.4, -0.2) is 54.0 Å². The summed E-state index contributed by atoms with van der Waals surface area (Å²) in [6.45, 7) is 4.73. The van der Waals surface area contributed by atoms with Crippen LogP contribution in [0.3, 0.4) is 0 Å². The summed E-state index contributed by atoms with van der Waals surface area (Å²) in [4.78, 5) is 42.1. The number of nitrogens with one attached hydrogen (secondary N) is 3. The molecular weight excluding hydrogens is 635 g/mol. The number of rotatable bonds is 8. The number of nitrogens with zero attached hydrogens (tertiary/aromatic N) is 5. The van der Waals surface area contributed by atoms with Gasteiger partial charge in [0.05, 0.1) is 28.7 Å². The summed E-state index contributed by atoms with van der Waals surface area (Å²) in [6, 6.07) is 19.3. The molecule has 11 nitrogen and oxygen atoms in total. The molecule has 7 rings (SSSR count). The van der Waals surface area contributed by atoms with E-state index in [0.717, 1.165) is 11.3 Å². The van der Waals surface area contributed by atoms with Crippen molar-refractivity contribution >= 4 is 40.0 Å². The number of hydrogen-bond donors (Lipinski definition) is 3. The number of H-pyrrole nitrogens is 2. The maximum atomic E-state index is 15.7. The van der Waals surface area contributed by atoms with Crippen LogP contribution in [0.4, 0.5) is 15.9 Å². The van der Waals surface area contributed by atoms with E-state index in [1.165, 1.54) is 30.7 Å². The van der Waals surface area contributed by atoms with E-state index in [0.29, 0.717) is 65.5 Å². The zero-order valence-corrected chi connectivity index (χ0v) is 26.2. The van der Waals surface area contributed by atoms with E-state index in [4.69, 9.17) is 16.3 Å². The fourth-order valence-corrected chi connectivity index (χ4v) is 6.03. The number of fused-ring (bicyclic) bond motifs is 1. The second kappa shape index (κ2) is 13.1. The summed E-state index contributed by atoms with van der Waals surface area (Å²) in [5, 5.41) is 10.9. The molecule has 3 N–H and O–H groups in total. The number of carbonyl (C=O) groups is 1. The zero-order chi connectivity index (χ0) is 33.2. The largest absolute Gasteiger partial charge is 0.454 e. The van der Waals surface area contributed by atoms with Gasteiger partial charge in [0.1, 0.15) is 28.7 Å². The second-order valence-corrected chi connectivity index (χ2v) is 11.6. The molecule has 4 aromatic heterocycles. The Morgan fingerprint density at radius 3 is 2.60 bits per heavy atom. The van der Waals surface area contributed by atoms with E-state index >= 15 is 4.39 Å². The number of piperidine rings is 1. The highest BCUT2D eigenvalue weighted by Gasteiger charge is 2.27. The average molecular weight is 663 g/mol. The number of benzene rings is 2. The summed E-state index contributed by atoms with van der Waals surface area (Å²) >= 11 is 6.45. The van der Waals surface area contributed by atoms with Gasteiger partial charge >= 0.3 is 0 Å². The highest BCUT2D eigenvalue weighted by molar-refractivity contribution is 6.32.